The molecule has 4 atom stereocenters. The smallest absolute Gasteiger partial charge is 0.306 e. The van der Waals surface area contributed by atoms with Crippen molar-refractivity contribution in [2.24, 2.45) is 17.8 Å². The minimum atomic E-state index is -0.599. The van der Waals surface area contributed by atoms with Crippen LogP contribution in [0.4, 0.5) is 0 Å². The third-order valence-corrected chi connectivity index (χ3v) is 5.31. The van der Waals surface area contributed by atoms with Crippen molar-refractivity contribution < 1.29 is 9.90 Å². The number of carboxylic acids is 1. The minimum absolute atomic E-state index is 0.115. The number of hydrogen-bond acceptors (Lipinski definition) is 2. The molecule has 0 bridgehead atoms. The van der Waals surface area contributed by atoms with Crippen LogP contribution in [0.15, 0.2) is 0 Å². The Kier molecular flexibility index (Phi) is 5.48. The van der Waals surface area contributed by atoms with E-state index in [1.165, 1.54) is 32.1 Å². The first-order valence-electron chi connectivity index (χ1n) is 8.46. The molecule has 1 N–H and O–H groups in total. The van der Waals surface area contributed by atoms with E-state index in [2.05, 4.69) is 25.7 Å². The fourth-order valence-electron chi connectivity index (χ4n) is 4.40. The van der Waals surface area contributed by atoms with Gasteiger partial charge in [0.05, 0.1) is 5.92 Å². The Hall–Kier alpha value is -0.570. The van der Waals surface area contributed by atoms with E-state index in [1.54, 1.807) is 0 Å². The highest BCUT2D eigenvalue weighted by Gasteiger charge is 2.35. The first-order valence-corrected chi connectivity index (χ1v) is 8.46. The van der Waals surface area contributed by atoms with Crippen molar-refractivity contribution in [2.75, 3.05) is 6.54 Å². The van der Waals surface area contributed by atoms with Crippen LogP contribution in [-0.2, 0) is 4.79 Å². The molecule has 4 unspecified atom stereocenters. The molecule has 0 amide bonds. The van der Waals surface area contributed by atoms with E-state index in [-0.39, 0.29) is 5.92 Å². The van der Waals surface area contributed by atoms with Crippen molar-refractivity contribution in [3.05, 3.63) is 0 Å². The highest BCUT2D eigenvalue weighted by Crippen LogP contribution is 2.35. The van der Waals surface area contributed by atoms with Gasteiger partial charge in [-0.2, -0.15) is 0 Å². The highest BCUT2D eigenvalue weighted by molar-refractivity contribution is 5.70. The Morgan fingerprint density at radius 1 is 1.25 bits per heavy atom. The number of rotatable bonds is 4. The summed E-state index contributed by atoms with van der Waals surface area (Å²) >= 11 is 0. The summed E-state index contributed by atoms with van der Waals surface area (Å²) in [7, 11) is 0. The van der Waals surface area contributed by atoms with Gasteiger partial charge in [0.2, 0.25) is 0 Å². The summed E-state index contributed by atoms with van der Waals surface area (Å²) in [6.45, 7) is 7.85. The molecule has 0 aromatic heterocycles. The number of likely N-dealkylation sites (tertiary alicyclic amines) is 1. The van der Waals surface area contributed by atoms with E-state index < -0.39 is 5.97 Å². The van der Waals surface area contributed by atoms with Gasteiger partial charge in [0.25, 0.3) is 0 Å². The van der Waals surface area contributed by atoms with E-state index in [1.807, 2.05) is 0 Å². The number of carbonyl (C=O) groups is 1. The van der Waals surface area contributed by atoms with E-state index in [4.69, 9.17) is 0 Å². The first kappa shape index (κ1) is 15.8. The van der Waals surface area contributed by atoms with Gasteiger partial charge in [-0.3, -0.25) is 9.69 Å². The normalized spacial score (nSPS) is 36.2. The molecule has 1 heterocycles. The number of aliphatic carboxylic acids is 1. The Labute approximate surface area is 123 Å². The molecule has 2 fully saturated rings. The van der Waals surface area contributed by atoms with E-state index in [0.717, 1.165) is 31.2 Å². The third kappa shape index (κ3) is 3.97. The Morgan fingerprint density at radius 2 is 2.00 bits per heavy atom. The van der Waals surface area contributed by atoms with Crippen LogP contribution in [0.2, 0.25) is 0 Å². The van der Waals surface area contributed by atoms with Gasteiger partial charge < -0.3 is 5.11 Å². The number of nitrogens with zero attached hydrogens (tertiary/aromatic N) is 1. The molecule has 0 spiro atoms. The second-order valence-electron chi connectivity index (χ2n) is 7.46. The van der Waals surface area contributed by atoms with Crippen molar-refractivity contribution in [2.45, 2.75) is 77.8 Å². The minimum Gasteiger partial charge on any atom is -0.481 e. The molecule has 3 heteroatoms. The van der Waals surface area contributed by atoms with Crippen LogP contribution in [0.5, 0.6) is 0 Å². The van der Waals surface area contributed by atoms with Crippen LogP contribution in [-0.4, -0.2) is 34.6 Å². The summed E-state index contributed by atoms with van der Waals surface area (Å²) in [5.74, 6) is 0.973. The SMILES string of the molecule is CC(C)CC1CCCC(N2CCC(C(=O)O)CC2C)C1. The lowest BCUT2D eigenvalue weighted by Crippen LogP contribution is -2.49. The molecule has 1 saturated carbocycles. The van der Waals surface area contributed by atoms with Gasteiger partial charge >= 0.3 is 5.97 Å². The lowest BCUT2D eigenvalue weighted by atomic mass is 9.79. The summed E-state index contributed by atoms with van der Waals surface area (Å²) in [6, 6.07) is 1.14. The maximum Gasteiger partial charge on any atom is 0.306 e. The third-order valence-electron chi connectivity index (χ3n) is 5.31. The molecular formula is C17H31NO2. The van der Waals surface area contributed by atoms with Crippen LogP contribution < -0.4 is 0 Å². The predicted molar refractivity (Wildman–Crippen MR) is 81.7 cm³/mol. The number of carboxylic acid groups (broad SMARTS) is 1. The topological polar surface area (TPSA) is 40.5 Å². The quantitative estimate of drug-likeness (QED) is 0.852. The summed E-state index contributed by atoms with van der Waals surface area (Å²) in [4.78, 5) is 13.8. The van der Waals surface area contributed by atoms with Gasteiger partial charge in [0, 0.05) is 12.1 Å². The summed E-state index contributed by atoms with van der Waals surface area (Å²) in [5.41, 5.74) is 0. The van der Waals surface area contributed by atoms with Gasteiger partial charge in [-0.05, 0) is 57.4 Å². The first-order chi connectivity index (χ1) is 9.47. The maximum atomic E-state index is 11.1. The molecule has 1 saturated heterocycles. The van der Waals surface area contributed by atoms with Crippen LogP contribution >= 0.6 is 0 Å². The van der Waals surface area contributed by atoms with Crippen molar-refractivity contribution in [1.82, 2.24) is 4.90 Å². The number of hydrogen-bond donors (Lipinski definition) is 1. The average molecular weight is 281 g/mol. The van der Waals surface area contributed by atoms with E-state index >= 15 is 0 Å². The molecular weight excluding hydrogens is 250 g/mol. The molecule has 0 radical (unpaired) electrons. The monoisotopic (exact) mass is 281 g/mol. The van der Waals surface area contributed by atoms with Gasteiger partial charge in [0.1, 0.15) is 0 Å². The molecule has 1 aliphatic carbocycles. The second-order valence-corrected chi connectivity index (χ2v) is 7.46. The molecule has 2 aliphatic rings. The molecule has 116 valence electrons. The Balaban J connectivity index is 1.89. The zero-order valence-corrected chi connectivity index (χ0v) is 13.3. The number of piperidine rings is 1. The summed E-state index contributed by atoms with van der Waals surface area (Å²) < 4.78 is 0. The van der Waals surface area contributed by atoms with Gasteiger partial charge in [-0.15, -0.1) is 0 Å². The molecule has 0 aromatic rings. The van der Waals surface area contributed by atoms with Crippen molar-refractivity contribution in [1.29, 1.82) is 0 Å². The maximum absolute atomic E-state index is 11.1. The lowest BCUT2D eigenvalue weighted by Gasteiger charge is -2.44. The molecule has 3 nitrogen and oxygen atoms in total. The summed E-state index contributed by atoms with van der Waals surface area (Å²) in [6.07, 6.45) is 8.43. The van der Waals surface area contributed by atoms with Crippen LogP contribution in [0.25, 0.3) is 0 Å². The highest BCUT2D eigenvalue weighted by atomic mass is 16.4. The van der Waals surface area contributed by atoms with Gasteiger partial charge in [-0.1, -0.05) is 26.7 Å². The van der Waals surface area contributed by atoms with Gasteiger partial charge in [-0.25, -0.2) is 0 Å². The molecule has 1 aliphatic heterocycles. The van der Waals surface area contributed by atoms with Gasteiger partial charge in [0.15, 0.2) is 0 Å². The van der Waals surface area contributed by atoms with E-state index in [9.17, 15) is 9.90 Å². The fraction of sp³-hybridized carbons (Fsp3) is 0.941. The lowest BCUT2D eigenvalue weighted by molar-refractivity contribution is -0.144. The van der Waals surface area contributed by atoms with Crippen molar-refractivity contribution in [3.8, 4) is 0 Å². The largest absolute Gasteiger partial charge is 0.481 e. The summed E-state index contributed by atoms with van der Waals surface area (Å²) in [5, 5.41) is 9.18. The fourth-order valence-corrected chi connectivity index (χ4v) is 4.40. The average Bonchev–Trinajstić information content (AvgIpc) is 2.38. The second kappa shape index (κ2) is 6.93. The Bertz CT molecular complexity index is 329. The zero-order chi connectivity index (χ0) is 14.7. The molecule has 2 rings (SSSR count). The van der Waals surface area contributed by atoms with Crippen molar-refractivity contribution in [3.63, 3.8) is 0 Å². The Morgan fingerprint density at radius 3 is 2.60 bits per heavy atom. The van der Waals surface area contributed by atoms with Crippen LogP contribution in [0, 0.1) is 17.8 Å². The standard InChI is InChI=1S/C17H31NO2/c1-12(2)9-14-5-4-6-16(11-14)18-8-7-15(17(19)20)10-13(18)3/h12-16H,4-11H2,1-3H3,(H,19,20). The van der Waals surface area contributed by atoms with E-state index in [0.29, 0.717) is 12.1 Å². The molecule has 0 aromatic carbocycles. The van der Waals surface area contributed by atoms with Crippen molar-refractivity contribution >= 4 is 5.97 Å². The molecule has 20 heavy (non-hydrogen) atoms. The van der Waals surface area contributed by atoms with Crippen LogP contribution in [0.3, 0.4) is 0 Å². The van der Waals surface area contributed by atoms with Crippen LogP contribution in [0.1, 0.15) is 65.7 Å². The predicted octanol–water partition coefficient (Wildman–Crippen LogP) is 3.78. The zero-order valence-electron chi connectivity index (χ0n) is 13.3.